The Hall–Kier alpha value is -2.28. The summed E-state index contributed by atoms with van der Waals surface area (Å²) in [6.07, 6.45) is 5.83. The van der Waals surface area contributed by atoms with Gasteiger partial charge in [-0.15, -0.1) is 0 Å². The molecule has 0 fully saturated rings. The Morgan fingerprint density at radius 2 is 2.50 bits per heavy atom. The lowest BCUT2D eigenvalue weighted by atomic mass is 9.94. The van der Waals surface area contributed by atoms with Gasteiger partial charge in [0.25, 0.3) is 0 Å². The van der Waals surface area contributed by atoms with Crippen LogP contribution in [-0.2, 0) is 18.4 Å². The van der Waals surface area contributed by atoms with Crippen molar-refractivity contribution in [3.05, 3.63) is 41.6 Å². The number of urea groups is 1. The highest BCUT2D eigenvalue weighted by Gasteiger charge is 2.27. The number of hydrogen-bond acceptors (Lipinski definition) is 4. The number of carbonyl (C=O) groups excluding carboxylic acids is 1. The standard InChI is InChI=1S/C15H20N4O3/c1-15(21,13-3-2-6-22-13)9-16-14(20)18-11-4-5-12-10(7-11)8-17-19-12/h2-3,6,8,11,21H,4-5,7,9H2,1H3,(H,17,19)(H2,16,18,20). The van der Waals surface area contributed by atoms with Gasteiger partial charge in [-0.05, 0) is 43.9 Å². The second kappa shape index (κ2) is 5.84. The van der Waals surface area contributed by atoms with Crippen LogP contribution in [0.15, 0.2) is 29.0 Å². The number of hydrogen-bond donors (Lipinski definition) is 4. The van der Waals surface area contributed by atoms with Crippen molar-refractivity contribution in [2.75, 3.05) is 6.54 Å². The first-order chi connectivity index (χ1) is 10.5. The van der Waals surface area contributed by atoms with Crippen LogP contribution in [0.4, 0.5) is 4.79 Å². The molecule has 7 nitrogen and oxygen atoms in total. The highest BCUT2D eigenvalue weighted by Crippen LogP contribution is 2.20. The molecule has 2 heterocycles. The number of H-pyrrole nitrogens is 1. The first-order valence-electron chi connectivity index (χ1n) is 7.36. The summed E-state index contributed by atoms with van der Waals surface area (Å²) in [5.74, 6) is 0.425. The number of amides is 2. The molecule has 2 atom stereocenters. The molecular weight excluding hydrogens is 284 g/mol. The lowest BCUT2D eigenvalue weighted by Crippen LogP contribution is -2.48. The van der Waals surface area contributed by atoms with E-state index in [1.807, 2.05) is 6.20 Å². The topological polar surface area (TPSA) is 103 Å². The van der Waals surface area contributed by atoms with Gasteiger partial charge in [-0.1, -0.05) is 0 Å². The molecule has 0 spiro atoms. The predicted octanol–water partition coefficient (Wildman–Crippen LogP) is 1.07. The predicted molar refractivity (Wildman–Crippen MR) is 79.2 cm³/mol. The van der Waals surface area contributed by atoms with Gasteiger partial charge in [0.1, 0.15) is 11.4 Å². The Balaban J connectivity index is 1.49. The summed E-state index contributed by atoms with van der Waals surface area (Å²) in [6, 6.07) is 3.18. The molecule has 4 N–H and O–H groups in total. The highest BCUT2D eigenvalue weighted by atomic mass is 16.4. The molecule has 0 saturated carbocycles. The van der Waals surface area contributed by atoms with E-state index in [0.717, 1.165) is 30.5 Å². The number of nitrogens with one attached hydrogen (secondary N) is 3. The number of carbonyl (C=O) groups is 1. The van der Waals surface area contributed by atoms with Crippen molar-refractivity contribution in [1.29, 1.82) is 0 Å². The van der Waals surface area contributed by atoms with Gasteiger partial charge in [-0.2, -0.15) is 5.10 Å². The number of nitrogens with zero attached hydrogens (tertiary/aromatic N) is 1. The zero-order valence-corrected chi connectivity index (χ0v) is 12.4. The normalized spacial score (nSPS) is 20.0. The van der Waals surface area contributed by atoms with Crippen molar-refractivity contribution < 1.29 is 14.3 Å². The SMILES string of the molecule is CC(O)(CNC(=O)NC1CCc2[nH]ncc2C1)c1ccco1. The summed E-state index contributed by atoms with van der Waals surface area (Å²) in [7, 11) is 0. The zero-order chi connectivity index (χ0) is 15.6. The van der Waals surface area contributed by atoms with Crippen LogP contribution >= 0.6 is 0 Å². The minimum absolute atomic E-state index is 0.0794. The zero-order valence-electron chi connectivity index (χ0n) is 12.4. The van der Waals surface area contributed by atoms with Crippen LogP contribution in [0.5, 0.6) is 0 Å². The summed E-state index contributed by atoms with van der Waals surface area (Å²) < 4.78 is 5.18. The Morgan fingerprint density at radius 1 is 1.64 bits per heavy atom. The van der Waals surface area contributed by atoms with E-state index < -0.39 is 5.60 Å². The summed E-state index contributed by atoms with van der Waals surface area (Å²) in [5, 5.41) is 22.9. The lowest BCUT2D eigenvalue weighted by molar-refractivity contribution is 0.0366. The van der Waals surface area contributed by atoms with Gasteiger partial charge in [-0.25, -0.2) is 4.79 Å². The van der Waals surface area contributed by atoms with E-state index in [4.69, 9.17) is 4.42 Å². The van der Waals surface area contributed by atoms with Crippen LogP contribution < -0.4 is 10.6 Å². The molecule has 7 heteroatoms. The third kappa shape index (κ3) is 3.14. The molecule has 1 aliphatic carbocycles. The molecule has 0 aliphatic heterocycles. The first-order valence-corrected chi connectivity index (χ1v) is 7.36. The van der Waals surface area contributed by atoms with E-state index in [9.17, 15) is 9.90 Å². The average molecular weight is 304 g/mol. The van der Waals surface area contributed by atoms with Crippen molar-refractivity contribution >= 4 is 6.03 Å². The van der Waals surface area contributed by atoms with Gasteiger partial charge in [0.15, 0.2) is 0 Å². The maximum absolute atomic E-state index is 12.0. The van der Waals surface area contributed by atoms with Gasteiger partial charge in [-0.3, -0.25) is 5.10 Å². The summed E-state index contributed by atoms with van der Waals surface area (Å²) >= 11 is 0. The van der Waals surface area contributed by atoms with Gasteiger partial charge < -0.3 is 20.2 Å². The molecule has 0 radical (unpaired) electrons. The van der Waals surface area contributed by atoms with Crippen LogP contribution in [0.25, 0.3) is 0 Å². The minimum Gasteiger partial charge on any atom is -0.466 e. The highest BCUT2D eigenvalue weighted by molar-refractivity contribution is 5.74. The second-order valence-electron chi connectivity index (χ2n) is 5.89. The molecule has 0 saturated heterocycles. The number of aromatic amines is 1. The maximum Gasteiger partial charge on any atom is 0.315 e. The molecule has 2 unspecified atom stereocenters. The number of aromatic nitrogens is 2. The Kier molecular flexibility index (Phi) is 3.89. The second-order valence-corrected chi connectivity index (χ2v) is 5.89. The molecule has 2 aromatic heterocycles. The van der Waals surface area contributed by atoms with Crippen molar-refractivity contribution in [3.63, 3.8) is 0 Å². The number of aryl methyl sites for hydroxylation is 1. The van der Waals surface area contributed by atoms with Crippen LogP contribution in [0.2, 0.25) is 0 Å². The van der Waals surface area contributed by atoms with E-state index in [1.54, 1.807) is 19.1 Å². The number of rotatable bonds is 4. The van der Waals surface area contributed by atoms with Crippen molar-refractivity contribution in [1.82, 2.24) is 20.8 Å². The van der Waals surface area contributed by atoms with E-state index in [2.05, 4.69) is 20.8 Å². The van der Waals surface area contributed by atoms with Gasteiger partial charge in [0.05, 0.1) is 19.0 Å². The van der Waals surface area contributed by atoms with Crippen LogP contribution in [0.3, 0.4) is 0 Å². The summed E-state index contributed by atoms with van der Waals surface area (Å²) in [5.41, 5.74) is 1.07. The van der Waals surface area contributed by atoms with Gasteiger partial charge in [0, 0.05) is 11.7 Å². The third-order valence-corrected chi connectivity index (χ3v) is 4.00. The fraction of sp³-hybridized carbons (Fsp3) is 0.467. The maximum atomic E-state index is 12.0. The fourth-order valence-electron chi connectivity index (χ4n) is 2.70. The van der Waals surface area contributed by atoms with Crippen molar-refractivity contribution in [2.45, 2.75) is 37.8 Å². The molecule has 0 aromatic carbocycles. The van der Waals surface area contributed by atoms with E-state index in [-0.39, 0.29) is 18.6 Å². The van der Waals surface area contributed by atoms with E-state index in [1.165, 1.54) is 6.26 Å². The Morgan fingerprint density at radius 3 is 3.27 bits per heavy atom. The van der Waals surface area contributed by atoms with Crippen LogP contribution in [-0.4, -0.2) is 33.9 Å². The molecule has 3 rings (SSSR count). The van der Waals surface area contributed by atoms with E-state index in [0.29, 0.717) is 5.76 Å². The Bertz CT molecular complexity index is 633. The largest absolute Gasteiger partial charge is 0.466 e. The van der Waals surface area contributed by atoms with Crippen LogP contribution in [0, 0.1) is 0 Å². The van der Waals surface area contributed by atoms with Gasteiger partial charge >= 0.3 is 6.03 Å². The number of fused-ring (bicyclic) bond motifs is 1. The molecular formula is C15H20N4O3. The number of aliphatic hydroxyl groups is 1. The van der Waals surface area contributed by atoms with Crippen LogP contribution in [0.1, 0.15) is 30.4 Å². The fourth-order valence-corrected chi connectivity index (χ4v) is 2.70. The average Bonchev–Trinajstić information content (AvgIpc) is 3.16. The van der Waals surface area contributed by atoms with Crippen molar-refractivity contribution in [3.8, 4) is 0 Å². The molecule has 2 aromatic rings. The van der Waals surface area contributed by atoms with E-state index >= 15 is 0 Å². The minimum atomic E-state index is -1.23. The smallest absolute Gasteiger partial charge is 0.315 e. The number of furan rings is 1. The molecule has 1 aliphatic rings. The summed E-state index contributed by atoms with van der Waals surface area (Å²) in [6.45, 7) is 1.68. The molecule has 2 amide bonds. The molecule has 118 valence electrons. The first kappa shape index (κ1) is 14.6. The summed E-state index contributed by atoms with van der Waals surface area (Å²) in [4.78, 5) is 12.0. The quantitative estimate of drug-likeness (QED) is 0.678. The van der Waals surface area contributed by atoms with Crippen molar-refractivity contribution in [2.24, 2.45) is 0 Å². The monoisotopic (exact) mass is 304 g/mol. The van der Waals surface area contributed by atoms with Gasteiger partial charge in [0.2, 0.25) is 0 Å². The molecule has 0 bridgehead atoms. The lowest BCUT2D eigenvalue weighted by Gasteiger charge is -2.25. The molecule has 22 heavy (non-hydrogen) atoms. The third-order valence-electron chi connectivity index (χ3n) is 4.00. The Labute approximate surface area is 128 Å².